The van der Waals surface area contributed by atoms with Crippen LogP contribution in [0.4, 0.5) is 10.5 Å². The Balaban J connectivity index is 3.41. The molecule has 16 heavy (non-hydrogen) atoms. The molecule has 0 radical (unpaired) electrons. The minimum Gasteiger partial charge on any atom is -0.496 e. The van der Waals surface area contributed by atoms with E-state index in [-0.39, 0.29) is 0 Å². The van der Waals surface area contributed by atoms with Gasteiger partial charge in [-0.25, -0.2) is 4.79 Å². The molecule has 0 aliphatic heterocycles. The van der Waals surface area contributed by atoms with E-state index in [1.54, 1.807) is 14.2 Å². The van der Waals surface area contributed by atoms with Crippen molar-refractivity contribution in [3.05, 3.63) is 22.8 Å². The van der Waals surface area contributed by atoms with Crippen LogP contribution in [0.1, 0.15) is 16.7 Å². The number of nitrogens with zero attached hydrogens (tertiary/aromatic N) is 1. The molecule has 4 heteroatoms. The van der Waals surface area contributed by atoms with Gasteiger partial charge in [-0.15, -0.1) is 0 Å². The van der Waals surface area contributed by atoms with Crippen LogP contribution in [0.2, 0.25) is 0 Å². The number of hydrogen-bond acceptors (Lipinski definition) is 2. The number of amides is 2. The fourth-order valence-corrected chi connectivity index (χ4v) is 1.87. The van der Waals surface area contributed by atoms with Crippen molar-refractivity contribution in [1.82, 2.24) is 0 Å². The van der Waals surface area contributed by atoms with E-state index in [4.69, 9.17) is 10.5 Å². The van der Waals surface area contributed by atoms with Crippen LogP contribution in [0.25, 0.3) is 0 Å². The highest BCUT2D eigenvalue weighted by Crippen LogP contribution is 2.32. The molecule has 1 aromatic carbocycles. The van der Waals surface area contributed by atoms with Crippen molar-refractivity contribution in [3.63, 3.8) is 0 Å². The third kappa shape index (κ3) is 1.96. The van der Waals surface area contributed by atoms with Gasteiger partial charge in [0.1, 0.15) is 5.75 Å². The second kappa shape index (κ2) is 4.43. The Kier molecular flexibility index (Phi) is 3.42. The van der Waals surface area contributed by atoms with E-state index in [1.807, 2.05) is 26.8 Å². The van der Waals surface area contributed by atoms with E-state index in [2.05, 4.69) is 0 Å². The SMILES string of the molecule is COc1cc(C)c(N(C)C(N)=O)c(C)c1C. The van der Waals surface area contributed by atoms with Gasteiger partial charge in [0, 0.05) is 7.05 Å². The summed E-state index contributed by atoms with van der Waals surface area (Å²) in [6.07, 6.45) is 0. The molecule has 0 bridgehead atoms. The number of urea groups is 1. The Morgan fingerprint density at radius 2 is 1.88 bits per heavy atom. The highest BCUT2D eigenvalue weighted by molar-refractivity contribution is 5.92. The summed E-state index contributed by atoms with van der Waals surface area (Å²) in [6, 6.07) is 1.45. The average Bonchev–Trinajstić information content (AvgIpc) is 2.23. The summed E-state index contributed by atoms with van der Waals surface area (Å²) in [4.78, 5) is 12.6. The Labute approximate surface area is 96.0 Å². The summed E-state index contributed by atoms with van der Waals surface area (Å²) in [5.74, 6) is 0.830. The molecule has 0 unspecified atom stereocenters. The maximum atomic E-state index is 11.2. The van der Waals surface area contributed by atoms with Gasteiger partial charge in [-0.3, -0.25) is 4.90 Å². The van der Waals surface area contributed by atoms with Gasteiger partial charge in [-0.05, 0) is 43.5 Å². The molecule has 0 saturated heterocycles. The second-order valence-corrected chi connectivity index (χ2v) is 3.89. The summed E-state index contributed by atoms with van der Waals surface area (Å²) in [7, 11) is 3.31. The molecule has 0 atom stereocenters. The maximum absolute atomic E-state index is 11.2. The lowest BCUT2D eigenvalue weighted by Crippen LogP contribution is -2.33. The molecule has 1 aromatic rings. The Morgan fingerprint density at radius 1 is 1.31 bits per heavy atom. The highest BCUT2D eigenvalue weighted by Gasteiger charge is 2.16. The number of primary amides is 1. The topological polar surface area (TPSA) is 55.6 Å². The number of rotatable bonds is 2. The van der Waals surface area contributed by atoms with Crippen LogP contribution in [0, 0.1) is 20.8 Å². The van der Waals surface area contributed by atoms with E-state index in [0.717, 1.165) is 28.1 Å². The Hall–Kier alpha value is -1.71. The van der Waals surface area contributed by atoms with E-state index in [9.17, 15) is 4.79 Å². The number of methoxy groups -OCH3 is 1. The second-order valence-electron chi connectivity index (χ2n) is 3.89. The minimum absolute atomic E-state index is 0.462. The van der Waals surface area contributed by atoms with Crippen molar-refractivity contribution in [2.24, 2.45) is 5.73 Å². The van der Waals surface area contributed by atoms with Gasteiger partial charge < -0.3 is 10.5 Å². The quantitative estimate of drug-likeness (QED) is 0.833. The number of ether oxygens (including phenoxy) is 1. The largest absolute Gasteiger partial charge is 0.496 e. The molecule has 88 valence electrons. The van der Waals surface area contributed by atoms with Crippen molar-refractivity contribution in [1.29, 1.82) is 0 Å². The predicted molar refractivity (Wildman–Crippen MR) is 65.2 cm³/mol. The van der Waals surface area contributed by atoms with Gasteiger partial charge in [0.25, 0.3) is 0 Å². The fourth-order valence-electron chi connectivity index (χ4n) is 1.87. The number of hydrogen-bond donors (Lipinski definition) is 1. The number of carbonyl (C=O) groups excluding carboxylic acids is 1. The van der Waals surface area contributed by atoms with Crippen LogP contribution in [0.15, 0.2) is 6.07 Å². The van der Waals surface area contributed by atoms with Crippen LogP contribution in [-0.4, -0.2) is 20.2 Å². The summed E-state index contributed by atoms with van der Waals surface area (Å²) < 4.78 is 5.27. The number of aryl methyl sites for hydroxylation is 1. The zero-order valence-corrected chi connectivity index (χ0v) is 10.4. The summed E-state index contributed by atoms with van der Waals surface area (Å²) >= 11 is 0. The summed E-state index contributed by atoms with van der Waals surface area (Å²) in [5, 5.41) is 0. The summed E-state index contributed by atoms with van der Waals surface area (Å²) in [6.45, 7) is 5.86. The van der Waals surface area contributed by atoms with Crippen LogP contribution < -0.4 is 15.4 Å². The van der Waals surface area contributed by atoms with Gasteiger partial charge in [0.15, 0.2) is 0 Å². The van der Waals surface area contributed by atoms with E-state index in [0.29, 0.717) is 0 Å². The van der Waals surface area contributed by atoms with Gasteiger partial charge in [0.2, 0.25) is 0 Å². The smallest absolute Gasteiger partial charge is 0.319 e. The molecule has 2 amide bonds. The van der Waals surface area contributed by atoms with Crippen LogP contribution in [0.3, 0.4) is 0 Å². The Bertz CT molecular complexity index is 428. The zero-order valence-electron chi connectivity index (χ0n) is 10.4. The Morgan fingerprint density at radius 3 is 2.31 bits per heavy atom. The molecule has 0 spiro atoms. The standard InChI is InChI=1S/C12H18N2O2/c1-7-6-10(16-5)8(2)9(3)11(7)14(4)12(13)15/h6H,1-5H3,(H2,13,15). The first-order chi connectivity index (χ1) is 7.40. The van der Waals surface area contributed by atoms with Crippen LogP contribution in [-0.2, 0) is 0 Å². The molecular weight excluding hydrogens is 204 g/mol. The van der Waals surface area contributed by atoms with Gasteiger partial charge in [-0.1, -0.05) is 0 Å². The average molecular weight is 222 g/mol. The molecule has 0 aliphatic rings. The number of carbonyl (C=O) groups is 1. The monoisotopic (exact) mass is 222 g/mol. The first kappa shape index (κ1) is 12.4. The van der Waals surface area contributed by atoms with Gasteiger partial charge in [-0.2, -0.15) is 0 Å². The van der Waals surface area contributed by atoms with Crippen molar-refractivity contribution < 1.29 is 9.53 Å². The van der Waals surface area contributed by atoms with Crippen LogP contribution >= 0.6 is 0 Å². The number of anilines is 1. The summed E-state index contributed by atoms with van der Waals surface area (Å²) in [5.41, 5.74) is 9.14. The van der Waals surface area contributed by atoms with Crippen LogP contribution in [0.5, 0.6) is 5.75 Å². The lowest BCUT2D eigenvalue weighted by Gasteiger charge is -2.22. The number of benzene rings is 1. The zero-order chi connectivity index (χ0) is 12.5. The molecule has 0 fully saturated rings. The lowest BCUT2D eigenvalue weighted by molar-refractivity contribution is 0.255. The molecule has 1 rings (SSSR count). The van der Waals surface area contributed by atoms with E-state index in [1.165, 1.54) is 4.90 Å². The minimum atomic E-state index is -0.462. The molecule has 4 nitrogen and oxygen atoms in total. The molecule has 0 aromatic heterocycles. The highest BCUT2D eigenvalue weighted by atomic mass is 16.5. The van der Waals surface area contributed by atoms with Crippen molar-refractivity contribution >= 4 is 11.7 Å². The number of nitrogens with two attached hydrogens (primary N) is 1. The van der Waals surface area contributed by atoms with Crippen molar-refractivity contribution in [2.75, 3.05) is 19.1 Å². The van der Waals surface area contributed by atoms with E-state index >= 15 is 0 Å². The fraction of sp³-hybridized carbons (Fsp3) is 0.417. The molecule has 0 saturated carbocycles. The predicted octanol–water partition coefficient (Wildman–Crippen LogP) is 2.14. The molecule has 0 aliphatic carbocycles. The third-order valence-corrected chi connectivity index (χ3v) is 2.89. The molecule has 0 heterocycles. The van der Waals surface area contributed by atoms with Crippen molar-refractivity contribution in [2.45, 2.75) is 20.8 Å². The maximum Gasteiger partial charge on any atom is 0.319 e. The molecule has 2 N–H and O–H groups in total. The lowest BCUT2D eigenvalue weighted by atomic mass is 10.0. The molecular formula is C12H18N2O2. The van der Waals surface area contributed by atoms with Gasteiger partial charge >= 0.3 is 6.03 Å². The first-order valence-electron chi connectivity index (χ1n) is 5.08. The van der Waals surface area contributed by atoms with Gasteiger partial charge in [0.05, 0.1) is 12.8 Å². The first-order valence-corrected chi connectivity index (χ1v) is 5.08. The normalized spacial score (nSPS) is 10.1. The third-order valence-electron chi connectivity index (χ3n) is 2.89. The van der Waals surface area contributed by atoms with Crippen molar-refractivity contribution in [3.8, 4) is 5.75 Å². The van der Waals surface area contributed by atoms with E-state index < -0.39 is 6.03 Å².